The lowest BCUT2D eigenvalue weighted by Crippen LogP contribution is -2.42. The van der Waals surface area contributed by atoms with Crippen molar-refractivity contribution in [1.82, 2.24) is 19.3 Å². The molecule has 2 aliphatic carbocycles. The molecule has 33 heavy (non-hydrogen) atoms. The zero-order valence-electron chi connectivity index (χ0n) is 19.4. The molecular weight excluding hydrogens is 437 g/mol. The molecule has 0 spiro atoms. The van der Waals surface area contributed by atoms with Crippen molar-refractivity contribution in [2.24, 2.45) is 10.8 Å². The van der Waals surface area contributed by atoms with E-state index in [1.165, 1.54) is 10.8 Å². The Labute approximate surface area is 190 Å². The summed E-state index contributed by atoms with van der Waals surface area (Å²) < 4.78 is 49.7. The van der Waals surface area contributed by atoms with E-state index in [0.717, 1.165) is 39.0 Å². The van der Waals surface area contributed by atoms with Gasteiger partial charge in [0.1, 0.15) is 0 Å². The molecule has 0 unspecified atom stereocenters. The van der Waals surface area contributed by atoms with Crippen LogP contribution in [0.4, 0.5) is 13.2 Å². The first-order valence-electron chi connectivity index (χ1n) is 11.5. The Morgan fingerprint density at radius 1 is 1.12 bits per heavy atom. The van der Waals surface area contributed by atoms with Gasteiger partial charge in [-0.2, -0.15) is 13.2 Å². The lowest BCUT2D eigenvalue weighted by molar-refractivity contribution is -0.262. The topological polar surface area (TPSA) is 85.3 Å². The maximum absolute atomic E-state index is 13.5. The molecule has 3 aliphatic rings. The van der Waals surface area contributed by atoms with Crippen LogP contribution in [0.5, 0.6) is 5.88 Å². The van der Waals surface area contributed by atoms with Crippen molar-refractivity contribution in [3.8, 4) is 17.3 Å². The van der Waals surface area contributed by atoms with Crippen LogP contribution in [0, 0.1) is 10.8 Å². The fourth-order valence-electron chi connectivity index (χ4n) is 6.21. The highest BCUT2D eigenvalue weighted by Gasteiger charge is 2.60. The van der Waals surface area contributed by atoms with E-state index in [1.807, 2.05) is 13.8 Å². The number of aliphatic hydroxyl groups is 2. The highest BCUT2D eigenvalue weighted by Crippen LogP contribution is 2.65. The second-order valence-electron chi connectivity index (χ2n) is 11.1. The number of hydrogen-bond donors (Lipinski definition) is 2. The molecule has 0 saturated heterocycles. The molecule has 0 radical (unpaired) electrons. The van der Waals surface area contributed by atoms with Gasteiger partial charge in [0.15, 0.2) is 5.82 Å². The lowest BCUT2D eigenvalue weighted by Gasteiger charge is -2.38. The van der Waals surface area contributed by atoms with Crippen molar-refractivity contribution in [3.63, 3.8) is 0 Å². The van der Waals surface area contributed by atoms with Crippen LogP contribution in [0.25, 0.3) is 11.4 Å². The quantitative estimate of drug-likeness (QED) is 0.687. The molecule has 3 heterocycles. The summed E-state index contributed by atoms with van der Waals surface area (Å²) >= 11 is 0. The fraction of sp³-hybridized carbons (Fsp3) is 0.739. The molecule has 2 N–H and O–H groups in total. The van der Waals surface area contributed by atoms with Crippen LogP contribution < -0.4 is 4.74 Å². The van der Waals surface area contributed by atoms with Crippen molar-refractivity contribution >= 4 is 0 Å². The van der Waals surface area contributed by atoms with E-state index in [2.05, 4.69) is 10.1 Å². The molecule has 2 aromatic heterocycles. The van der Waals surface area contributed by atoms with E-state index in [-0.39, 0.29) is 16.9 Å². The predicted molar refractivity (Wildman–Crippen MR) is 114 cm³/mol. The Balaban J connectivity index is 1.38. The number of alkyl halides is 3. The minimum Gasteiger partial charge on any atom is -0.476 e. The number of nitrogens with zero attached hydrogens (tertiary/aromatic N) is 4. The third-order valence-corrected chi connectivity index (χ3v) is 8.49. The van der Waals surface area contributed by atoms with Crippen molar-refractivity contribution in [2.75, 3.05) is 6.61 Å². The number of ether oxygens (including phenoxy) is 1. The van der Waals surface area contributed by atoms with Gasteiger partial charge in [0.2, 0.25) is 11.5 Å². The van der Waals surface area contributed by atoms with Gasteiger partial charge in [0, 0.05) is 11.5 Å². The van der Waals surface area contributed by atoms with Gasteiger partial charge in [-0.15, -0.1) is 5.10 Å². The van der Waals surface area contributed by atoms with Crippen molar-refractivity contribution in [3.05, 3.63) is 18.1 Å². The van der Waals surface area contributed by atoms with E-state index in [1.54, 1.807) is 17.7 Å². The Bertz CT molecular complexity index is 1070. The maximum atomic E-state index is 13.5. The fourth-order valence-corrected chi connectivity index (χ4v) is 6.21. The standard InChI is InChI=1S/C23H31F3N4O3/c1-14-11-29-15(16-10-27-18(30(14)16)20(4,32)23(24,25)26)9-17(28-29)33-13-21-5-7-22(12-21,8-6-21)19(2,3)31/h9-10,14,31-32H,5-8,11-13H2,1-4H3/t14-,20+,21?,22?/m0/s1. The largest absolute Gasteiger partial charge is 0.476 e. The third-order valence-electron chi connectivity index (χ3n) is 8.49. The Morgan fingerprint density at radius 3 is 2.36 bits per heavy atom. The van der Waals surface area contributed by atoms with Crippen molar-refractivity contribution < 1.29 is 28.1 Å². The molecule has 7 nitrogen and oxygen atoms in total. The molecule has 5 rings (SSSR count). The van der Waals surface area contributed by atoms with Crippen LogP contribution in [0.15, 0.2) is 12.3 Å². The Kier molecular flexibility index (Phi) is 4.64. The smallest absolute Gasteiger partial charge is 0.424 e. The number of hydrogen-bond acceptors (Lipinski definition) is 5. The van der Waals surface area contributed by atoms with Gasteiger partial charge in [0.05, 0.1) is 42.4 Å². The number of fused-ring (bicyclic) bond motifs is 5. The van der Waals surface area contributed by atoms with Gasteiger partial charge in [-0.05, 0) is 65.2 Å². The molecule has 0 amide bonds. The van der Waals surface area contributed by atoms with Crippen molar-refractivity contribution in [1.29, 1.82) is 0 Å². The van der Waals surface area contributed by atoms with Crippen LogP contribution >= 0.6 is 0 Å². The van der Waals surface area contributed by atoms with Crippen molar-refractivity contribution in [2.45, 2.75) is 89.8 Å². The van der Waals surface area contributed by atoms with Gasteiger partial charge in [-0.25, -0.2) is 4.98 Å². The zero-order chi connectivity index (χ0) is 24.0. The molecule has 2 bridgehead atoms. The first-order valence-corrected chi connectivity index (χ1v) is 11.5. The summed E-state index contributed by atoms with van der Waals surface area (Å²) in [7, 11) is 0. The van der Waals surface area contributed by atoms with Crippen LogP contribution in [-0.2, 0) is 12.1 Å². The summed E-state index contributed by atoms with van der Waals surface area (Å²) in [5.74, 6) is 0.00388. The number of halogens is 3. The van der Waals surface area contributed by atoms with Crippen LogP contribution in [0.3, 0.4) is 0 Å². The van der Waals surface area contributed by atoms with Gasteiger partial charge < -0.3 is 19.5 Å². The highest BCUT2D eigenvalue weighted by molar-refractivity contribution is 5.58. The molecule has 182 valence electrons. The highest BCUT2D eigenvalue weighted by atomic mass is 19.4. The third kappa shape index (κ3) is 3.24. The van der Waals surface area contributed by atoms with Gasteiger partial charge in [-0.1, -0.05) is 0 Å². The lowest BCUT2D eigenvalue weighted by atomic mass is 9.71. The monoisotopic (exact) mass is 468 g/mol. The molecule has 10 heteroatoms. The first kappa shape index (κ1) is 22.7. The Hall–Kier alpha value is -2.07. The predicted octanol–water partition coefficient (Wildman–Crippen LogP) is 4.19. The number of imidazole rings is 1. The maximum Gasteiger partial charge on any atom is 0.424 e. The van der Waals surface area contributed by atoms with Crippen LogP contribution in [-0.4, -0.2) is 47.9 Å². The number of rotatable bonds is 5. The minimum atomic E-state index is -4.85. The molecule has 1 aliphatic heterocycles. The van der Waals surface area contributed by atoms with Gasteiger partial charge in [-0.3, -0.25) is 4.68 Å². The second kappa shape index (κ2) is 6.75. The molecular formula is C23H31F3N4O3. The normalized spacial score (nSPS) is 30.8. The molecule has 2 fully saturated rings. The van der Waals surface area contributed by atoms with E-state index >= 15 is 0 Å². The average Bonchev–Trinajstić information content (AvgIpc) is 3.45. The van der Waals surface area contributed by atoms with E-state index in [0.29, 0.717) is 30.4 Å². The Morgan fingerprint density at radius 2 is 1.79 bits per heavy atom. The molecule has 0 aromatic carbocycles. The van der Waals surface area contributed by atoms with Crippen LogP contribution in [0.2, 0.25) is 0 Å². The zero-order valence-corrected chi connectivity index (χ0v) is 19.4. The van der Waals surface area contributed by atoms with Gasteiger partial charge in [0.25, 0.3) is 0 Å². The summed E-state index contributed by atoms with van der Waals surface area (Å²) in [4.78, 5) is 3.95. The molecule has 2 atom stereocenters. The number of aromatic nitrogens is 4. The summed E-state index contributed by atoms with van der Waals surface area (Å²) in [6, 6.07) is 1.36. The average molecular weight is 469 g/mol. The van der Waals surface area contributed by atoms with E-state index < -0.39 is 23.2 Å². The molecule has 2 aromatic rings. The van der Waals surface area contributed by atoms with Gasteiger partial charge >= 0.3 is 6.18 Å². The minimum absolute atomic E-state index is 0.0256. The summed E-state index contributed by atoms with van der Waals surface area (Å²) in [5, 5.41) is 25.4. The van der Waals surface area contributed by atoms with Crippen LogP contribution in [0.1, 0.15) is 71.7 Å². The SMILES string of the molecule is C[C@H]1Cn2nc(OCC34CCC(C(C)(C)O)(CC3)C4)cc2-c2cnc([C@@](C)(O)C(F)(F)F)n21. The summed E-state index contributed by atoms with van der Waals surface area (Å²) in [6.07, 6.45) is 1.41. The summed E-state index contributed by atoms with van der Waals surface area (Å²) in [5.41, 5.74) is -2.73. The summed E-state index contributed by atoms with van der Waals surface area (Å²) in [6.45, 7) is 7.14. The first-order chi connectivity index (χ1) is 15.2. The van der Waals surface area contributed by atoms with E-state index in [4.69, 9.17) is 4.74 Å². The van der Waals surface area contributed by atoms with E-state index in [9.17, 15) is 23.4 Å². The second-order valence-corrected chi connectivity index (χ2v) is 11.1. The molecule has 2 saturated carbocycles.